The molecule has 0 bridgehead atoms. The Bertz CT molecular complexity index is 815. The predicted octanol–water partition coefficient (Wildman–Crippen LogP) is 7.80. The lowest BCUT2D eigenvalue weighted by atomic mass is 9.47. The molecule has 4 nitrogen and oxygen atoms in total. The third-order valence-corrected chi connectivity index (χ3v) is 11.1. The fourth-order valence-corrected chi connectivity index (χ4v) is 9.21. The Morgan fingerprint density at radius 1 is 1.03 bits per heavy atom. The van der Waals surface area contributed by atoms with E-state index in [2.05, 4.69) is 40.7 Å². The summed E-state index contributed by atoms with van der Waals surface area (Å²) < 4.78 is 5.70. The van der Waals surface area contributed by atoms with Gasteiger partial charge in [0.05, 0.1) is 12.8 Å². The highest BCUT2D eigenvalue weighted by atomic mass is 16.5. The zero-order chi connectivity index (χ0) is 25.4. The summed E-state index contributed by atoms with van der Waals surface area (Å²) >= 11 is 0. The normalized spacial score (nSPS) is 39.3. The van der Waals surface area contributed by atoms with Crippen LogP contribution in [0.15, 0.2) is 11.6 Å². The molecule has 0 saturated heterocycles. The summed E-state index contributed by atoms with van der Waals surface area (Å²) in [6.07, 6.45) is 16.0. The van der Waals surface area contributed by atoms with Crippen molar-refractivity contribution in [2.24, 2.45) is 46.3 Å². The second-order valence-electron chi connectivity index (χ2n) is 13.5. The number of carboxylic acids is 1. The number of esters is 1. The zero-order valence-electron chi connectivity index (χ0n) is 23.0. The fraction of sp³-hybridized carbons (Fsp3) is 0.871. The number of allylic oxidation sites excluding steroid dienone is 1. The smallest absolute Gasteiger partial charge is 0.306 e. The number of carbonyl (C=O) groups is 2. The van der Waals surface area contributed by atoms with E-state index in [1.165, 1.54) is 56.9 Å². The van der Waals surface area contributed by atoms with Gasteiger partial charge in [0.15, 0.2) is 0 Å². The van der Waals surface area contributed by atoms with E-state index in [-0.39, 0.29) is 30.3 Å². The van der Waals surface area contributed by atoms with Crippen LogP contribution < -0.4 is 0 Å². The minimum atomic E-state index is -0.942. The van der Waals surface area contributed by atoms with E-state index in [4.69, 9.17) is 9.84 Å². The van der Waals surface area contributed by atoms with Crippen molar-refractivity contribution in [2.45, 2.75) is 124 Å². The maximum Gasteiger partial charge on any atom is 0.306 e. The average molecular weight is 487 g/mol. The summed E-state index contributed by atoms with van der Waals surface area (Å²) in [6, 6.07) is 0. The van der Waals surface area contributed by atoms with Crippen LogP contribution in [0.5, 0.6) is 0 Å². The van der Waals surface area contributed by atoms with Gasteiger partial charge in [-0.05, 0) is 91.3 Å². The summed E-state index contributed by atoms with van der Waals surface area (Å²) in [5.41, 5.74) is 2.27. The van der Waals surface area contributed by atoms with E-state index in [0.717, 1.165) is 54.8 Å². The Hall–Kier alpha value is -1.32. The van der Waals surface area contributed by atoms with Crippen molar-refractivity contribution >= 4 is 11.9 Å². The Balaban J connectivity index is 1.40. The Labute approximate surface area is 213 Å². The lowest BCUT2D eigenvalue weighted by Crippen LogP contribution is -2.51. The van der Waals surface area contributed by atoms with Gasteiger partial charge in [-0.25, -0.2) is 0 Å². The average Bonchev–Trinajstić information content (AvgIpc) is 3.15. The number of carboxylic acid groups (broad SMARTS) is 1. The summed E-state index contributed by atoms with van der Waals surface area (Å²) in [5.74, 6) is 3.68. The summed E-state index contributed by atoms with van der Waals surface area (Å²) in [5, 5.41) is 8.84. The first-order chi connectivity index (χ1) is 16.5. The number of aliphatic carboxylic acids is 1. The van der Waals surface area contributed by atoms with Crippen molar-refractivity contribution in [3.8, 4) is 0 Å². The molecule has 1 N–H and O–H groups in total. The van der Waals surface area contributed by atoms with Gasteiger partial charge < -0.3 is 9.84 Å². The molecule has 0 aliphatic heterocycles. The molecule has 4 aliphatic rings. The van der Waals surface area contributed by atoms with Gasteiger partial charge >= 0.3 is 11.9 Å². The predicted molar refractivity (Wildman–Crippen MR) is 140 cm³/mol. The highest BCUT2D eigenvalue weighted by Gasteiger charge is 2.59. The number of hydrogen-bond donors (Lipinski definition) is 1. The SMILES string of the molecule is CC(C)CCC[C@@H](C)[C@H]1CC[C@H]2C3CC=C4C[C@@H](OC(=O)CCC(=O)O)CC[C@]4(C)[C@H]3CC[C@]12C. The first kappa shape index (κ1) is 26.7. The van der Waals surface area contributed by atoms with Crippen LogP contribution >= 0.6 is 0 Å². The number of ether oxygens (including phenoxy) is 1. The van der Waals surface area contributed by atoms with Gasteiger partial charge in [-0.3, -0.25) is 9.59 Å². The molecule has 8 atom stereocenters. The maximum atomic E-state index is 12.1. The van der Waals surface area contributed by atoms with Crippen molar-refractivity contribution in [1.82, 2.24) is 0 Å². The molecule has 3 saturated carbocycles. The first-order valence-electron chi connectivity index (χ1n) is 14.7. The van der Waals surface area contributed by atoms with E-state index in [0.29, 0.717) is 5.41 Å². The van der Waals surface area contributed by atoms with Crippen molar-refractivity contribution in [2.75, 3.05) is 0 Å². The Kier molecular flexibility index (Phi) is 8.08. The van der Waals surface area contributed by atoms with Crippen LogP contribution in [0.1, 0.15) is 118 Å². The van der Waals surface area contributed by atoms with Crippen LogP contribution in [-0.2, 0) is 14.3 Å². The molecular weight excluding hydrogens is 436 g/mol. The summed E-state index contributed by atoms with van der Waals surface area (Å²) in [7, 11) is 0. The third kappa shape index (κ3) is 5.37. The first-order valence-corrected chi connectivity index (χ1v) is 14.7. The molecule has 4 rings (SSSR count). The van der Waals surface area contributed by atoms with Gasteiger partial charge in [-0.2, -0.15) is 0 Å². The van der Waals surface area contributed by atoms with Crippen LogP contribution in [0, 0.1) is 46.3 Å². The molecule has 1 unspecified atom stereocenters. The highest BCUT2D eigenvalue weighted by Crippen LogP contribution is 2.67. The van der Waals surface area contributed by atoms with Crippen molar-refractivity contribution < 1.29 is 19.4 Å². The van der Waals surface area contributed by atoms with Gasteiger partial charge in [0.25, 0.3) is 0 Å². The van der Waals surface area contributed by atoms with Gasteiger partial charge in [-0.15, -0.1) is 0 Å². The topological polar surface area (TPSA) is 63.6 Å². The van der Waals surface area contributed by atoms with E-state index >= 15 is 0 Å². The van der Waals surface area contributed by atoms with Crippen LogP contribution in [-0.4, -0.2) is 23.1 Å². The Morgan fingerprint density at radius 2 is 1.80 bits per heavy atom. The van der Waals surface area contributed by atoms with Crippen molar-refractivity contribution in [3.63, 3.8) is 0 Å². The molecule has 4 heteroatoms. The molecular formula is C31H50O4. The molecule has 0 spiro atoms. The second-order valence-corrected chi connectivity index (χ2v) is 13.5. The van der Waals surface area contributed by atoms with Gasteiger partial charge in [0.1, 0.15) is 6.10 Å². The molecule has 0 heterocycles. The molecule has 35 heavy (non-hydrogen) atoms. The molecule has 0 aromatic rings. The largest absolute Gasteiger partial charge is 0.481 e. The van der Waals surface area contributed by atoms with Crippen LogP contribution in [0.3, 0.4) is 0 Å². The van der Waals surface area contributed by atoms with Gasteiger partial charge in [0.2, 0.25) is 0 Å². The molecule has 3 fully saturated rings. The summed E-state index contributed by atoms with van der Waals surface area (Å²) in [6.45, 7) is 12.4. The standard InChI is InChI=1S/C31H50O4/c1-20(2)7-6-8-21(3)25-11-12-26-24-10-9-22-19-23(35-29(34)14-13-28(32)33)15-17-30(22,4)27(24)16-18-31(25,26)5/h9,20-21,23-27H,6-8,10-19H2,1-5H3,(H,32,33)/t21-,23+,24?,25-,26+,27+,30+,31-/m1/s1. The minimum Gasteiger partial charge on any atom is -0.481 e. The fourth-order valence-electron chi connectivity index (χ4n) is 9.21. The highest BCUT2D eigenvalue weighted by molar-refractivity contribution is 5.76. The second kappa shape index (κ2) is 10.6. The lowest BCUT2D eigenvalue weighted by Gasteiger charge is -2.58. The van der Waals surface area contributed by atoms with Crippen molar-refractivity contribution in [3.05, 3.63) is 11.6 Å². The number of fused-ring (bicyclic) bond motifs is 5. The molecule has 0 amide bonds. The molecule has 0 aromatic carbocycles. The molecule has 0 radical (unpaired) electrons. The van der Waals surface area contributed by atoms with E-state index in [1.54, 1.807) is 0 Å². The van der Waals surface area contributed by atoms with E-state index in [1.807, 2.05) is 0 Å². The van der Waals surface area contributed by atoms with Gasteiger partial charge in [0, 0.05) is 6.42 Å². The van der Waals surface area contributed by atoms with Crippen LogP contribution in [0.25, 0.3) is 0 Å². The third-order valence-electron chi connectivity index (χ3n) is 11.1. The van der Waals surface area contributed by atoms with E-state index < -0.39 is 5.97 Å². The number of carbonyl (C=O) groups excluding carboxylic acids is 1. The number of rotatable bonds is 9. The lowest BCUT2D eigenvalue weighted by molar-refractivity contribution is -0.154. The molecule has 0 aromatic heterocycles. The number of hydrogen-bond acceptors (Lipinski definition) is 3. The monoisotopic (exact) mass is 486 g/mol. The van der Waals surface area contributed by atoms with Crippen LogP contribution in [0.2, 0.25) is 0 Å². The zero-order valence-corrected chi connectivity index (χ0v) is 23.0. The van der Waals surface area contributed by atoms with Crippen molar-refractivity contribution in [1.29, 1.82) is 0 Å². The quantitative estimate of drug-likeness (QED) is 0.267. The van der Waals surface area contributed by atoms with Gasteiger partial charge in [-0.1, -0.05) is 65.5 Å². The molecule has 4 aliphatic carbocycles. The maximum absolute atomic E-state index is 12.1. The summed E-state index contributed by atoms with van der Waals surface area (Å²) in [4.78, 5) is 22.9. The van der Waals surface area contributed by atoms with Crippen LogP contribution in [0.4, 0.5) is 0 Å². The van der Waals surface area contributed by atoms with E-state index in [9.17, 15) is 9.59 Å². The Morgan fingerprint density at radius 3 is 2.51 bits per heavy atom. The molecule has 198 valence electrons. The minimum absolute atomic E-state index is 0.0236.